The lowest BCUT2D eigenvalue weighted by molar-refractivity contribution is -0.137. The van der Waals surface area contributed by atoms with E-state index in [1.807, 2.05) is 0 Å². The Morgan fingerprint density at radius 2 is 1.86 bits per heavy atom. The van der Waals surface area contributed by atoms with E-state index in [2.05, 4.69) is 9.97 Å². The molecule has 2 N–H and O–H groups in total. The fourth-order valence-electron chi connectivity index (χ4n) is 1.86. The summed E-state index contributed by atoms with van der Waals surface area (Å²) in [7, 11) is 0. The zero-order chi connectivity index (χ0) is 15.6. The lowest BCUT2D eigenvalue weighted by Crippen LogP contribution is -2.17. The Balaban J connectivity index is 2.30. The zero-order valence-electron chi connectivity index (χ0n) is 11.1. The molecule has 0 aliphatic heterocycles. The monoisotopic (exact) mass is 295 g/mol. The Morgan fingerprint density at radius 3 is 2.38 bits per heavy atom. The number of alkyl halides is 3. The molecule has 7 heteroatoms. The lowest BCUT2D eigenvalue weighted by atomic mass is 10.1. The highest BCUT2D eigenvalue weighted by atomic mass is 19.4. The van der Waals surface area contributed by atoms with Crippen LogP contribution in [0, 0.1) is 6.92 Å². The van der Waals surface area contributed by atoms with Crippen molar-refractivity contribution in [2.75, 3.05) is 0 Å². The number of rotatable bonds is 3. The molecule has 2 rings (SSSR count). The van der Waals surface area contributed by atoms with E-state index in [0.717, 1.165) is 12.1 Å². The van der Waals surface area contributed by atoms with Crippen molar-refractivity contribution < 1.29 is 18.0 Å². The third kappa shape index (κ3) is 3.56. The summed E-state index contributed by atoms with van der Waals surface area (Å²) in [4.78, 5) is 19.4. The smallest absolute Gasteiger partial charge is 0.364 e. The van der Waals surface area contributed by atoms with Crippen LogP contribution in [0.1, 0.15) is 33.0 Å². The topological polar surface area (TPSA) is 68.9 Å². The van der Waals surface area contributed by atoms with E-state index < -0.39 is 17.6 Å². The number of primary amides is 1. The third-order valence-electron chi connectivity index (χ3n) is 2.85. The number of benzene rings is 1. The number of hydrogen-bond acceptors (Lipinski definition) is 3. The number of aromatic nitrogens is 2. The van der Waals surface area contributed by atoms with E-state index in [4.69, 9.17) is 5.73 Å². The van der Waals surface area contributed by atoms with Gasteiger partial charge in [-0.05, 0) is 24.6 Å². The highest BCUT2D eigenvalue weighted by Gasteiger charge is 2.29. The van der Waals surface area contributed by atoms with Gasteiger partial charge in [0.15, 0.2) is 0 Å². The molecule has 110 valence electrons. The largest absolute Gasteiger partial charge is 0.416 e. The summed E-state index contributed by atoms with van der Waals surface area (Å²) in [5, 5.41) is 0. The van der Waals surface area contributed by atoms with Crippen molar-refractivity contribution in [1.29, 1.82) is 0 Å². The number of aryl methyl sites for hydroxylation is 1. The second-order valence-corrected chi connectivity index (χ2v) is 4.54. The molecule has 0 unspecified atom stereocenters. The van der Waals surface area contributed by atoms with E-state index in [-0.39, 0.29) is 12.1 Å². The maximum atomic E-state index is 12.5. The van der Waals surface area contributed by atoms with Gasteiger partial charge in [0.2, 0.25) is 0 Å². The first-order chi connectivity index (χ1) is 9.77. The molecule has 0 radical (unpaired) electrons. The average Bonchev–Trinajstić information content (AvgIpc) is 2.38. The van der Waals surface area contributed by atoms with Crippen LogP contribution < -0.4 is 5.73 Å². The van der Waals surface area contributed by atoms with Gasteiger partial charge in [-0.15, -0.1) is 0 Å². The maximum absolute atomic E-state index is 12.5. The molecule has 1 amide bonds. The first-order valence-corrected chi connectivity index (χ1v) is 6.06. The second-order valence-electron chi connectivity index (χ2n) is 4.54. The molecular weight excluding hydrogens is 283 g/mol. The quantitative estimate of drug-likeness (QED) is 0.945. The highest BCUT2D eigenvalue weighted by Crippen LogP contribution is 2.29. The normalized spacial score (nSPS) is 11.4. The fraction of sp³-hybridized carbons (Fsp3) is 0.214. The van der Waals surface area contributed by atoms with Gasteiger partial charge in [-0.2, -0.15) is 13.2 Å². The van der Waals surface area contributed by atoms with Crippen LogP contribution in [0.4, 0.5) is 13.2 Å². The van der Waals surface area contributed by atoms with Gasteiger partial charge in [0, 0.05) is 12.6 Å². The van der Waals surface area contributed by atoms with Crippen molar-refractivity contribution in [2.24, 2.45) is 5.73 Å². The summed E-state index contributed by atoms with van der Waals surface area (Å²) in [5.41, 5.74) is 6.05. The summed E-state index contributed by atoms with van der Waals surface area (Å²) < 4.78 is 37.5. The van der Waals surface area contributed by atoms with Crippen molar-refractivity contribution in [3.8, 4) is 0 Å². The van der Waals surface area contributed by atoms with Crippen LogP contribution in [0.3, 0.4) is 0 Å². The fourth-order valence-corrected chi connectivity index (χ4v) is 1.86. The minimum absolute atomic E-state index is 0.0282. The molecule has 0 aliphatic rings. The predicted molar refractivity (Wildman–Crippen MR) is 69.5 cm³/mol. The molecule has 0 fully saturated rings. The van der Waals surface area contributed by atoms with Gasteiger partial charge in [-0.3, -0.25) is 9.78 Å². The van der Waals surface area contributed by atoms with Crippen molar-refractivity contribution in [2.45, 2.75) is 19.5 Å². The molecule has 0 aliphatic carbocycles. The van der Waals surface area contributed by atoms with Gasteiger partial charge in [-0.1, -0.05) is 12.1 Å². The lowest BCUT2D eigenvalue weighted by Gasteiger charge is -2.09. The number of halogens is 3. The Kier molecular flexibility index (Phi) is 3.93. The molecule has 0 bridgehead atoms. The summed E-state index contributed by atoms with van der Waals surface area (Å²) in [6.45, 7) is 1.70. The third-order valence-corrected chi connectivity index (χ3v) is 2.85. The number of nitrogens with two attached hydrogens (primary N) is 1. The minimum atomic E-state index is -4.37. The van der Waals surface area contributed by atoms with Gasteiger partial charge in [-0.25, -0.2) is 4.98 Å². The van der Waals surface area contributed by atoms with Gasteiger partial charge in [0.05, 0.1) is 17.0 Å². The molecule has 4 nitrogen and oxygen atoms in total. The van der Waals surface area contributed by atoms with Gasteiger partial charge in [0.1, 0.15) is 5.69 Å². The first-order valence-electron chi connectivity index (χ1n) is 6.06. The number of carbonyl (C=O) groups is 1. The van der Waals surface area contributed by atoms with Crippen molar-refractivity contribution in [3.63, 3.8) is 0 Å². The molecule has 1 heterocycles. The molecule has 0 saturated heterocycles. The maximum Gasteiger partial charge on any atom is 0.416 e. The van der Waals surface area contributed by atoms with E-state index in [1.54, 1.807) is 6.92 Å². The van der Waals surface area contributed by atoms with E-state index >= 15 is 0 Å². The van der Waals surface area contributed by atoms with Gasteiger partial charge >= 0.3 is 6.18 Å². The first kappa shape index (κ1) is 15.0. The SMILES string of the molecule is Cc1cnc(C(N)=O)c(Cc2ccc(C(F)(F)F)cc2)n1. The average molecular weight is 295 g/mol. The molecule has 2 aromatic rings. The predicted octanol–water partition coefficient (Wildman–Crippen LogP) is 2.49. The van der Waals surface area contributed by atoms with Crippen LogP contribution >= 0.6 is 0 Å². The van der Waals surface area contributed by atoms with Crippen molar-refractivity contribution >= 4 is 5.91 Å². The number of nitrogens with zero attached hydrogens (tertiary/aromatic N) is 2. The second kappa shape index (κ2) is 5.51. The number of carbonyl (C=O) groups excluding carboxylic acids is 1. The Hall–Kier alpha value is -2.44. The van der Waals surface area contributed by atoms with E-state index in [9.17, 15) is 18.0 Å². The summed E-state index contributed by atoms with van der Waals surface area (Å²) >= 11 is 0. The molecule has 0 atom stereocenters. The Morgan fingerprint density at radius 1 is 1.24 bits per heavy atom. The zero-order valence-corrected chi connectivity index (χ0v) is 11.1. The molecular formula is C14H12F3N3O. The standard InChI is InChI=1S/C14H12F3N3O/c1-8-7-19-12(13(18)21)11(20-8)6-9-2-4-10(5-3-9)14(15,16)17/h2-5,7H,6H2,1H3,(H2,18,21). The molecule has 0 saturated carbocycles. The van der Waals surface area contributed by atoms with Crippen molar-refractivity contribution in [3.05, 3.63) is 58.7 Å². The van der Waals surface area contributed by atoms with E-state index in [0.29, 0.717) is 17.0 Å². The van der Waals surface area contributed by atoms with Crippen LogP contribution in [-0.4, -0.2) is 15.9 Å². The van der Waals surface area contributed by atoms with Crippen LogP contribution in [0.25, 0.3) is 0 Å². The van der Waals surface area contributed by atoms with Crippen LogP contribution in [0.5, 0.6) is 0 Å². The molecule has 1 aromatic heterocycles. The Bertz CT molecular complexity index is 666. The van der Waals surface area contributed by atoms with Crippen LogP contribution in [0.15, 0.2) is 30.5 Å². The van der Waals surface area contributed by atoms with Crippen LogP contribution in [0.2, 0.25) is 0 Å². The van der Waals surface area contributed by atoms with Crippen molar-refractivity contribution in [1.82, 2.24) is 9.97 Å². The minimum Gasteiger partial charge on any atom is -0.364 e. The number of amides is 1. The molecule has 21 heavy (non-hydrogen) atoms. The molecule has 1 aromatic carbocycles. The molecule has 0 spiro atoms. The van der Waals surface area contributed by atoms with Crippen LogP contribution in [-0.2, 0) is 12.6 Å². The number of hydrogen-bond donors (Lipinski definition) is 1. The Labute approximate surface area is 118 Å². The van der Waals surface area contributed by atoms with Gasteiger partial charge < -0.3 is 5.73 Å². The summed E-state index contributed by atoms with van der Waals surface area (Å²) in [6.07, 6.45) is -2.78. The van der Waals surface area contributed by atoms with E-state index in [1.165, 1.54) is 18.3 Å². The highest BCUT2D eigenvalue weighted by molar-refractivity contribution is 5.91. The summed E-state index contributed by atoms with van der Waals surface area (Å²) in [6, 6.07) is 4.67. The summed E-state index contributed by atoms with van der Waals surface area (Å²) in [5.74, 6) is -0.718. The van der Waals surface area contributed by atoms with Gasteiger partial charge in [0.25, 0.3) is 5.91 Å².